The van der Waals surface area contributed by atoms with Crippen LogP contribution in [0.5, 0.6) is 0 Å². The van der Waals surface area contributed by atoms with Gasteiger partial charge in [-0.3, -0.25) is 0 Å². The number of aliphatic hydroxyl groups excluding tert-OH is 2. The maximum Gasteiger partial charge on any atom is 0.0627 e. The Hall–Kier alpha value is -0.600. The van der Waals surface area contributed by atoms with Crippen molar-refractivity contribution in [2.75, 3.05) is 0 Å². The lowest BCUT2D eigenvalue weighted by Crippen LogP contribution is -2.34. The quantitative estimate of drug-likeness (QED) is 0.753. The van der Waals surface area contributed by atoms with Crippen LogP contribution in [0.4, 0.5) is 0 Å². The van der Waals surface area contributed by atoms with Gasteiger partial charge >= 0.3 is 0 Å². The monoisotopic (exact) mass is 292 g/mol. The normalized spacial score (nSPS) is 37.7. The smallest absolute Gasteiger partial charge is 0.0627 e. The molecule has 0 heterocycles. The molecule has 0 bridgehead atoms. The van der Waals surface area contributed by atoms with Crippen LogP contribution in [0.3, 0.4) is 0 Å². The molecular weight excluding hydrogens is 260 g/mol. The Morgan fingerprint density at radius 2 is 1.48 bits per heavy atom. The molecule has 2 rings (SSSR count). The van der Waals surface area contributed by atoms with Crippen LogP contribution in [0, 0.1) is 11.8 Å². The van der Waals surface area contributed by atoms with E-state index in [0.717, 1.165) is 12.8 Å². The summed E-state index contributed by atoms with van der Waals surface area (Å²) in [7, 11) is 0. The molecule has 0 radical (unpaired) electrons. The van der Waals surface area contributed by atoms with Crippen molar-refractivity contribution in [3.05, 3.63) is 23.3 Å². The fourth-order valence-corrected chi connectivity index (χ4v) is 3.60. The predicted octanol–water partition coefficient (Wildman–Crippen LogP) is 4.37. The van der Waals surface area contributed by atoms with Gasteiger partial charge in [0, 0.05) is 5.92 Å². The summed E-state index contributed by atoms with van der Waals surface area (Å²) in [4.78, 5) is 0. The van der Waals surface area contributed by atoms with Crippen molar-refractivity contribution < 1.29 is 10.2 Å². The Morgan fingerprint density at radius 1 is 0.857 bits per heavy atom. The molecule has 3 atom stereocenters. The van der Waals surface area contributed by atoms with Crippen LogP contribution in [0.25, 0.3) is 0 Å². The second-order valence-corrected chi connectivity index (χ2v) is 7.18. The molecule has 0 amide bonds. The van der Waals surface area contributed by atoms with Gasteiger partial charge in [0.15, 0.2) is 0 Å². The second kappa shape index (κ2) is 8.14. The molecular formula is C19H32O2. The first kappa shape index (κ1) is 16.8. The first-order valence-electron chi connectivity index (χ1n) is 8.82. The zero-order valence-corrected chi connectivity index (χ0v) is 13.7. The zero-order valence-electron chi connectivity index (χ0n) is 13.7. The van der Waals surface area contributed by atoms with E-state index in [-0.39, 0.29) is 5.92 Å². The third kappa shape index (κ3) is 4.96. The van der Waals surface area contributed by atoms with Gasteiger partial charge in [0.25, 0.3) is 0 Å². The lowest BCUT2D eigenvalue weighted by Gasteiger charge is -2.31. The van der Waals surface area contributed by atoms with E-state index in [9.17, 15) is 10.2 Å². The van der Waals surface area contributed by atoms with Crippen LogP contribution in [-0.4, -0.2) is 22.4 Å². The first-order valence-corrected chi connectivity index (χ1v) is 8.82. The fourth-order valence-electron chi connectivity index (χ4n) is 3.60. The van der Waals surface area contributed by atoms with Crippen LogP contribution >= 0.6 is 0 Å². The highest BCUT2D eigenvalue weighted by Gasteiger charge is 2.29. The standard InChI is InChI=1S/C19H32O2/c1-14-8-6-4-3-5-7-9-17(14)11-10-16-12-18(20)15(2)19(21)13-16/h10-11,14-15,18-21H,3-9,12-13H2,1-2H3/b16-10?,17-11+/t14-,15?,18+,19+/m0/s1. The third-order valence-corrected chi connectivity index (χ3v) is 5.43. The van der Waals surface area contributed by atoms with Crippen LogP contribution in [0.15, 0.2) is 23.3 Å². The minimum Gasteiger partial charge on any atom is -0.392 e. The van der Waals surface area contributed by atoms with E-state index in [2.05, 4.69) is 19.1 Å². The van der Waals surface area contributed by atoms with Crippen molar-refractivity contribution >= 4 is 0 Å². The van der Waals surface area contributed by atoms with Gasteiger partial charge in [0.05, 0.1) is 12.2 Å². The maximum absolute atomic E-state index is 10.0. The molecule has 0 aliphatic heterocycles. The van der Waals surface area contributed by atoms with Gasteiger partial charge in [-0.2, -0.15) is 0 Å². The lowest BCUT2D eigenvalue weighted by atomic mass is 9.82. The summed E-state index contributed by atoms with van der Waals surface area (Å²) in [5.41, 5.74) is 2.76. The summed E-state index contributed by atoms with van der Waals surface area (Å²) >= 11 is 0. The Kier molecular flexibility index (Phi) is 6.50. The highest BCUT2D eigenvalue weighted by Crippen LogP contribution is 2.30. The van der Waals surface area contributed by atoms with Gasteiger partial charge in [0.1, 0.15) is 0 Å². The summed E-state index contributed by atoms with van der Waals surface area (Å²) in [6, 6.07) is 0. The Bertz CT molecular complexity index is 369. The average molecular weight is 292 g/mol. The molecule has 2 fully saturated rings. The minimum absolute atomic E-state index is 0.00127. The van der Waals surface area contributed by atoms with Gasteiger partial charge in [-0.15, -0.1) is 0 Å². The van der Waals surface area contributed by atoms with E-state index in [1.54, 1.807) is 5.57 Å². The van der Waals surface area contributed by atoms with Crippen molar-refractivity contribution in [1.29, 1.82) is 0 Å². The van der Waals surface area contributed by atoms with Gasteiger partial charge in [-0.25, -0.2) is 0 Å². The molecule has 120 valence electrons. The molecule has 2 nitrogen and oxygen atoms in total. The Labute approximate surface area is 130 Å². The molecule has 2 aliphatic rings. The number of rotatable bonds is 1. The molecule has 0 aromatic heterocycles. The Balaban J connectivity index is 2.03. The Morgan fingerprint density at radius 3 is 2.19 bits per heavy atom. The molecule has 2 N–H and O–H groups in total. The molecule has 2 saturated carbocycles. The van der Waals surface area contributed by atoms with E-state index in [4.69, 9.17) is 0 Å². The second-order valence-electron chi connectivity index (χ2n) is 7.18. The van der Waals surface area contributed by atoms with Gasteiger partial charge < -0.3 is 10.2 Å². The zero-order chi connectivity index (χ0) is 15.2. The van der Waals surface area contributed by atoms with Crippen molar-refractivity contribution in [2.45, 2.75) is 83.8 Å². The van der Waals surface area contributed by atoms with Crippen molar-refractivity contribution in [3.63, 3.8) is 0 Å². The van der Waals surface area contributed by atoms with Crippen LogP contribution in [0.1, 0.15) is 71.6 Å². The SMILES string of the molecule is CC1[C@H](O)CC(=C/C=C2\CCCCCCC[C@@H]2C)C[C@H]1O. The topological polar surface area (TPSA) is 40.5 Å². The predicted molar refractivity (Wildman–Crippen MR) is 88.1 cm³/mol. The number of hydrogen-bond donors (Lipinski definition) is 2. The summed E-state index contributed by atoms with van der Waals surface area (Å²) in [6.07, 6.45) is 14.4. The van der Waals surface area contributed by atoms with E-state index in [0.29, 0.717) is 5.92 Å². The van der Waals surface area contributed by atoms with Crippen LogP contribution < -0.4 is 0 Å². The average Bonchev–Trinajstić information content (AvgIpc) is 2.55. The van der Waals surface area contributed by atoms with Crippen LogP contribution in [-0.2, 0) is 0 Å². The molecule has 2 aliphatic carbocycles. The molecule has 0 aromatic carbocycles. The molecule has 21 heavy (non-hydrogen) atoms. The third-order valence-electron chi connectivity index (χ3n) is 5.43. The fraction of sp³-hybridized carbons (Fsp3) is 0.789. The highest BCUT2D eigenvalue weighted by atomic mass is 16.3. The van der Waals surface area contributed by atoms with Crippen molar-refractivity contribution in [3.8, 4) is 0 Å². The van der Waals surface area contributed by atoms with Crippen LogP contribution in [0.2, 0.25) is 0 Å². The minimum atomic E-state index is -0.392. The maximum atomic E-state index is 10.0. The molecule has 0 spiro atoms. The summed E-state index contributed by atoms with van der Waals surface area (Å²) < 4.78 is 0. The number of hydrogen-bond acceptors (Lipinski definition) is 2. The number of allylic oxidation sites excluding steroid dienone is 3. The van der Waals surface area contributed by atoms with Crippen molar-refractivity contribution in [2.24, 2.45) is 11.8 Å². The lowest BCUT2D eigenvalue weighted by molar-refractivity contribution is 0.00408. The van der Waals surface area contributed by atoms with E-state index >= 15 is 0 Å². The van der Waals surface area contributed by atoms with E-state index < -0.39 is 12.2 Å². The highest BCUT2D eigenvalue weighted by molar-refractivity contribution is 5.22. The van der Waals surface area contributed by atoms with Gasteiger partial charge in [-0.05, 0) is 38.0 Å². The van der Waals surface area contributed by atoms with Gasteiger partial charge in [0.2, 0.25) is 0 Å². The molecule has 0 saturated heterocycles. The largest absolute Gasteiger partial charge is 0.392 e. The molecule has 2 heteroatoms. The van der Waals surface area contributed by atoms with Gasteiger partial charge in [-0.1, -0.05) is 62.8 Å². The summed E-state index contributed by atoms with van der Waals surface area (Å²) in [5.74, 6) is 0.677. The van der Waals surface area contributed by atoms with E-state index in [1.165, 1.54) is 50.5 Å². The molecule has 0 unspecified atom stereocenters. The van der Waals surface area contributed by atoms with E-state index in [1.807, 2.05) is 6.92 Å². The molecule has 0 aromatic rings. The van der Waals surface area contributed by atoms with Crippen molar-refractivity contribution in [1.82, 2.24) is 0 Å². The summed E-state index contributed by atoms with van der Waals surface area (Å²) in [5, 5.41) is 20.0. The number of aliphatic hydroxyl groups is 2. The first-order chi connectivity index (χ1) is 10.1. The summed E-state index contributed by atoms with van der Waals surface area (Å²) in [6.45, 7) is 4.28.